The highest BCUT2D eigenvalue weighted by atomic mass is 19.4. The van der Waals surface area contributed by atoms with Gasteiger partial charge in [0, 0.05) is 0 Å². The molecule has 2 nitrogen and oxygen atoms in total. The monoisotopic (exact) mass is 256 g/mol. The minimum atomic E-state index is -4.55. The average Bonchev–Trinajstić information content (AvgIpc) is 2.15. The van der Waals surface area contributed by atoms with E-state index >= 15 is 0 Å². The highest BCUT2D eigenvalue weighted by molar-refractivity contribution is 5.22. The van der Waals surface area contributed by atoms with E-state index in [9.17, 15) is 27.1 Å². The van der Waals surface area contributed by atoms with E-state index in [-0.39, 0.29) is 0 Å². The molecule has 0 aromatic heterocycles. The molecule has 1 aromatic carbocycles. The highest BCUT2D eigenvalue weighted by Crippen LogP contribution is 2.22. The summed E-state index contributed by atoms with van der Waals surface area (Å²) in [6, 6.07) is 2.87. The van der Waals surface area contributed by atoms with E-state index < -0.39 is 42.7 Å². The molecule has 1 rings (SSSR count). The molecule has 0 bridgehead atoms. The summed E-state index contributed by atoms with van der Waals surface area (Å²) in [6.45, 7) is -2.42. The first-order chi connectivity index (χ1) is 7.81. The molecule has 1 N–H and O–H groups in total. The lowest BCUT2D eigenvalue weighted by molar-refractivity contribution is -0.179. The van der Waals surface area contributed by atoms with E-state index in [0.717, 1.165) is 18.2 Å². The van der Waals surface area contributed by atoms with Gasteiger partial charge in [0.2, 0.25) is 0 Å². The smallest absolute Gasteiger partial charge is 0.386 e. The zero-order chi connectivity index (χ0) is 13.1. The van der Waals surface area contributed by atoms with Crippen LogP contribution in [-0.4, -0.2) is 24.5 Å². The molecule has 7 heteroatoms. The van der Waals surface area contributed by atoms with Gasteiger partial charge in [-0.2, -0.15) is 13.2 Å². The highest BCUT2D eigenvalue weighted by Gasteiger charge is 2.28. The van der Waals surface area contributed by atoms with Gasteiger partial charge in [-0.3, -0.25) is 0 Å². The zero-order valence-corrected chi connectivity index (χ0v) is 8.47. The van der Waals surface area contributed by atoms with Crippen LogP contribution in [0.1, 0.15) is 11.7 Å². The third kappa shape index (κ3) is 4.27. The molecule has 1 atom stereocenters. The van der Waals surface area contributed by atoms with Crippen molar-refractivity contribution in [1.82, 2.24) is 0 Å². The average molecular weight is 256 g/mol. The van der Waals surface area contributed by atoms with Crippen LogP contribution in [-0.2, 0) is 4.74 Å². The van der Waals surface area contributed by atoms with Crippen LogP contribution in [0.2, 0.25) is 0 Å². The van der Waals surface area contributed by atoms with Crippen LogP contribution in [0.3, 0.4) is 0 Å². The van der Waals surface area contributed by atoms with Crippen LogP contribution in [0.4, 0.5) is 22.0 Å². The molecule has 1 unspecified atom stereocenters. The summed E-state index contributed by atoms with van der Waals surface area (Å²) in [4.78, 5) is 0. The van der Waals surface area contributed by atoms with Crippen molar-refractivity contribution in [2.75, 3.05) is 13.2 Å². The van der Waals surface area contributed by atoms with Gasteiger partial charge < -0.3 is 9.84 Å². The second kappa shape index (κ2) is 5.42. The second-order valence-electron chi connectivity index (χ2n) is 3.28. The van der Waals surface area contributed by atoms with Crippen molar-refractivity contribution in [2.45, 2.75) is 12.3 Å². The van der Waals surface area contributed by atoms with Gasteiger partial charge in [-0.25, -0.2) is 8.78 Å². The van der Waals surface area contributed by atoms with Gasteiger partial charge in [0.05, 0.1) is 12.2 Å². The van der Waals surface area contributed by atoms with E-state index in [0.29, 0.717) is 0 Å². The molecule has 0 aliphatic carbocycles. The van der Waals surface area contributed by atoms with Crippen LogP contribution >= 0.6 is 0 Å². The van der Waals surface area contributed by atoms with Gasteiger partial charge in [-0.15, -0.1) is 0 Å². The fourth-order valence-corrected chi connectivity index (χ4v) is 1.20. The summed E-state index contributed by atoms with van der Waals surface area (Å²) in [5, 5.41) is 9.31. The Morgan fingerprint density at radius 2 is 1.71 bits per heavy atom. The Morgan fingerprint density at radius 1 is 1.18 bits per heavy atom. The summed E-state index contributed by atoms with van der Waals surface area (Å²) in [6.07, 6.45) is -6.33. The summed E-state index contributed by atoms with van der Waals surface area (Å²) < 4.78 is 65.4. The first kappa shape index (κ1) is 13.9. The lowest BCUT2D eigenvalue weighted by Crippen LogP contribution is -2.20. The number of hydrogen-bond donors (Lipinski definition) is 1. The van der Waals surface area contributed by atoms with Crippen molar-refractivity contribution >= 4 is 0 Å². The van der Waals surface area contributed by atoms with E-state index in [1.165, 1.54) is 0 Å². The third-order valence-corrected chi connectivity index (χ3v) is 1.87. The number of aliphatic hydroxyl groups is 1. The van der Waals surface area contributed by atoms with Crippen LogP contribution < -0.4 is 0 Å². The van der Waals surface area contributed by atoms with E-state index in [4.69, 9.17) is 0 Å². The summed E-state index contributed by atoms with van der Waals surface area (Å²) in [5.41, 5.74) is -0.699. The standard InChI is InChI=1S/C10H9F5O2/c11-6-2-1-3-7(12)9(6)8(16)4-17-5-10(13,14)15/h1-3,8,16H,4-5H2. The number of hydrogen-bond acceptors (Lipinski definition) is 2. The summed E-state index contributed by atoms with van der Waals surface area (Å²) in [5.74, 6) is -2.07. The summed E-state index contributed by atoms with van der Waals surface area (Å²) >= 11 is 0. The van der Waals surface area contributed by atoms with Crippen LogP contribution in [0.5, 0.6) is 0 Å². The van der Waals surface area contributed by atoms with Gasteiger partial charge in [0.1, 0.15) is 24.3 Å². The van der Waals surface area contributed by atoms with Crippen molar-refractivity contribution in [2.24, 2.45) is 0 Å². The van der Waals surface area contributed by atoms with E-state index in [1.54, 1.807) is 0 Å². The molecule has 0 aliphatic heterocycles. The number of benzene rings is 1. The van der Waals surface area contributed by atoms with E-state index in [1.807, 2.05) is 0 Å². The Bertz CT molecular complexity index is 357. The van der Waals surface area contributed by atoms with Gasteiger partial charge in [0.15, 0.2) is 0 Å². The van der Waals surface area contributed by atoms with Crippen LogP contribution in [0.15, 0.2) is 18.2 Å². The Hall–Kier alpha value is -1.21. The Balaban J connectivity index is 2.61. The molecule has 0 amide bonds. The Morgan fingerprint density at radius 3 is 2.18 bits per heavy atom. The summed E-state index contributed by atoms with van der Waals surface area (Å²) in [7, 11) is 0. The molecular formula is C10H9F5O2. The number of alkyl halides is 3. The first-order valence-electron chi connectivity index (χ1n) is 4.57. The lowest BCUT2D eigenvalue weighted by atomic mass is 10.1. The Kier molecular flexibility index (Phi) is 4.41. The molecule has 0 saturated heterocycles. The zero-order valence-electron chi connectivity index (χ0n) is 8.47. The molecule has 0 saturated carbocycles. The molecule has 0 aliphatic rings. The molecule has 0 fully saturated rings. The molecule has 17 heavy (non-hydrogen) atoms. The van der Waals surface area contributed by atoms with Gasteiger partial charge in [-0.05, 0) is 12.1 Å². The largest absolute Gasteiger partial charge is 0.411 e. The number of rotatable bonds is 4. The van der Waals surface area contributed by atoms with E-state index in [2.05, 4.69) is 4.74 Å². The molecule has 0 heterocycles. The molecule has 0 radical (unpaired) electrons. The number of halogens is 5. The van der Waals surface area contributed by atoms with Crippen molar-refractivity contribution in [3.63, 3.8) is 0 Å². The predicted molar refractivity (Wildman–Crippen MR) is 48.2 cm³/mol. The van der Waals surface area contributed by atoms with Gasteiger partial charge in [0.25, 0.3) is 0 Å². The molecule has 1 aromatic rings. The SMILES string of the molecule is OC(COCC(F)(F)F)c1c(F)cccc1F. The minimum absolute atomic E-state index is 0.699. The lowest BCUT2D eigenvalue weighted by Gasteiger charge is -2.14. The third-order valence-electron chi connectivity index (χ3n) is 1.87. The van der Waals surface area contributed by atoms with Crippen LogP contribution in [0, 0.1) is 11.6 Å². The maximum Gasteiger partial charge on any atom is 0.411 e. The molecule has 0 spiro atoms. The van der Waals surface area contributed by atoms with Crippen molar-refractivity contribution in [1.29, 1.82) is 0 Å². The fraction of sp³-hybridized carbons (Fsp3) is 0.400. The quantitative estimate of drug-likeness (QED) is 0.839. The maximum absolute atomic E-state index is 13.1. The maximum atomic E-state index is 13.1. The number of ether oxygens (including phenoxy) is 1. The van der Waals surface area contributed by atoms with Crippen molar-refractivity contribution in [3.05, 3.63) is 35.4 Å². The topological polar surface area (TPSA) is 29.5 Å². The first-order valence-corrected chi connectivity index (χ1v) is 4.57. The predicted octanol–water partition coefficient (Wildman–Crippen LogP) is 2.58. The second-order valence-corrected chi connectivity index (χ2v) is 3.28. The Labute approximate surface area is 93.6 Å². The normalized spacial score (nSPS) is 13.8. The van der Waals surface area contributed by atoms with Gasteiger partial charge >= 0.3 is 6.18 Å². The van der Waals surface area contributed by atoms with Crippen molar-refractivity contribution in [3.8, 4) is 0 Å². The van der Waals surface area contributed by atoms with Gasteiger partial charge in [-0.1, -0.05) is 6.07 Å². The van der Waals surface area contributed by atoms with Crippen LogP contribution in [0.25, 0.3) is 0 Å². The minimum Gasteiger partial charge on any atom is -0.386 e. The molecule has 96 valence electrons. The van der Waals surface area contributed by atoms with Crippen molar-refractivity contribution < 1.29 is 31.8 Å². The number of aliphatic hydroxyl groups excluding tert-OH is 1. The fourth-order valence-electron chi connectivity index (χ4n) is 1.20. The molecular weight excluding hydrogens is 247 g/mol.